The van der Waals surface area contributed by atoms with Crippen molar-refractivity contribution in [1.29, 1.82) is 0 Å². The van der Waals surface area contributed by atoms with E-state index in [4.69, 9.17) is 0 Å². The van der Waals surface area contributed by atoms with Crippen molar-refractivity contribution in [2.75, 3.05) is 5.32 Å². The predicted molar refractivity (Wildman–Crippen MR) is 86.4 cm³/mol. The highest BCUT2D eigenvalue weighted by atomic mass is 19.1. The van der Waals surface area contributed by atoms with Crippen molar-refractivity contribution >= 4 is 17.8 Å². The zero-order valence-corrected chi connectivity index (χ0v) is 12.5. The Morgan fingerprint density at radius 3 is 2.73 bits per heavy atom. The van der Waals surface area contributed by atoms with Crippen molar-refractivity contribution in [3.05, 3.63) is 65.5 Å². The van der Waals surface area contributed by atoms with Gasteiger partial charge in [-0.2, -0.15) is 5.10 Å². The number of nitrogens with zero attached hydrogens (tertiary/aromatic N) is 1. The largest absolute Gasteiger partial charge is 0.374 e. The van der Waals surface area contributed by atoms with Gasteiger partial charge in [-0.25, -0.2) is 9.82 Å². The van der Waals surface area contributed by atoms with Gasteiger partial charge in [-0.15, -0.1) is 0 Å². The second-order valence-corrected chi connectivity index (χ2v) is 4.99. The summed E-state index contributed by atoms with van der Waals surface area (Å²) in [4.78, 5) is 11.9. The number of rotatable bonds is 5. The van der Waals surface area contributed by atoms with E-state index in [0.29, 0.717) is 5.56 Å². The molecule has 1 amide bonds. The fourth-order valence-electron chi connectivity index (χ4n) is 1.89. The highest BCUT2D eigenvalue weighted by molar-refractivity contribution is 5.86. The van der Waals surface area contributed by atoms with Crippen LogP contribution in [0.4, 0.5) is 10.1 Å². The molecule has 2 aromatic rings. The van der Waals surface area contributed by atoms with Crippen molar-refractivity contribution < 1.29 is 9.18 Å². The van der Waals surface area contributed by atoms with Gasteiger partial charge in [-0.05, 0) is 37.6 Å². The molecule has 2 N–H and O–H groups in total. The Kier molecular flexibility index (Phi) is 5.25. The first-order valence-electron chi connectivity index (χ1n) is 6.97. The van der Waals surface area contributed by atoms with Crippen LogP contribution in [-0.4, -0.2) is 18.2 Å². The van der Waals surface area contributed by atoms with Crippen molar-refractivity contribution in [3.8, 4) is 0 Å². The lowest BCUT2D eigenvalue weighted by atomic mass is 10.2. The summed E-state index contributed by atoms with van der Waals surface area (Å²) in [6, 6.07) is 13.5. The number of hydrogen-bond donors (Lipinski definition) is 2. The molecule has 4 nitrogen and oxygen atoms in total. The van der Waals surface area contributed by atoms with Crippen LogP contribution in [0.2, 0.25) is 0 Å². The van der Waals surface area contributed by atoms with Crippen molar-refractivity contribution in [3.63, 3.8) is 0 Å². The number of anilines is 1. The Labute approximate surface area is 129 Å². The second-order valence-electron chi connectivity index (χ2n) is 4.99. The van der Waals surface area contributed by atoms with E-state index in [9.17, 15) is 9.18 Å². The van der Waals surface area contributed by atoms with E-state index >= 15 is 0 Å². The highest BCUT2D eigenvalue weighted by Crippen LogP contribution is 2.10. The molecule has 0 saturated heterocycles. The molecule has 2 rings (SSSR count). The quantitative estimate of drug-likeness (QED) is 0.658. The maximum atomic E-state index is 13.4. The molecule has 0 radical (unpaired) electrons. The number of aryl methyl sites for hydroxylation is 1. The van der Waals surface area contributed by atoms with Gasteiger partial charge < -0.3 is 5.32 Å². The third kappa shape index (κ3) is 4.41. The summed E-state index contributed by atoms with van der Waals surface area (Å²) in [5.74, 6) is -0.680. The van der Waals surface area contributed by atoms with Crippen LogP contribution in [0, 0.1) is 12.7 Å². The SMILES string of the molecule is Cc1cccc(NC(C)C(=O)N/N=C/c2ccccc2F)c1. The lowest BCUT2D eigenvalue weighted by Gasteiger charge is -2.13. The van der Waals surface area contributed by atoms with Gasteiger partial charge in [0.15, 0.2) is 0 Å². The van der Waals surface area contributed by atoms with Crippen LogP contribution in [0.5, 0.6) is 0 Å². The summed E-state index contributed by atoms with van der Waals surface area (Å²) in [5, 5.41) is 6.86. The monoisotopic (exact) mass is 299 g/mol. The Morgan fingerprint density at radius 1 is 1.23 bits per heavy atom. The molecular weight excluding hydrogens is 281 g/mol. The zero-order valence-electron chi connectivity index (χ0n) is 12.5. The van der Waals surface area contributed by atoms with Gasteiger partial charge in [0.1, 0.15) is 11.9 Å². The molecular formula is C17H18FN3O. The standard InChI is InChI=1S/C17H18FN3O/c1-12-6-5-8-15(10-12)20-13(2)17(22)21-19-11-14-7-3-4-9-16(14)18/h3-11,13,20H,1-2H3,(H,21,22)/b19-11+. The number of hydrazone groups is 1. The molecule has 5 heteroatoms. The molecule has 22 heavy (non-hydrogen) atoms. The Balaban J connectivity index is 1.90. The third-order valence-corrected chi connectivity index (χ3v) is 3.08. The lowest BCUT2D eigenvalue weighted by molar-refractivity contribution is -0.121. The Hall–Kier alpha value is -2.69. The zero-order chi connectivity index (χ0) is 15.9. The van der Waals surface area contributed by atoms with Crippen LogP contribution in [0.3, 0.4) is 0 Å². The minimum Gasteiger partial charge on any atom is -0.374 e. The molecule has 0 aliphatic heterocycles. The Bertz CT molecular complexity index is 685. The van der Waals surface area contributed by atoms with Crippen LogP contribution in [0.1, 0.15) is 18.1 Å². The first-order chi connectivity index (χ1) is 10.6. The normalized spacial score (nSPS) is 12.1. The summed E-state index contributed by atoms with van der Waals surface area (Å²) >= 11 is 0. The minimum atomic E-state index is -0.459. The van der Waals surface area contributed by atoms with Crippen LogP contribution in [0.15, 0.2) is 53.6 Å². The molecule has 1 atom stereocenters. The minimum absolute atomic E-state index is 0.297. The molecule has 114 valence electrons. The first kappa shape index (κ1) is 15.7. The summed E-state index contributed by atoms with van der Waals surface area (Å²) in [6.45, 7) is 3.71. The van der Waals surface area contributed by atoms with Gasteiger partial charge in [0.2, 0.25) is 0 Å². The first-order valence-corrected chi connectivity index (χ1v) is 6.97. The van der Waals surface area contributed by atoms with Gasteiger partial charge in [-0.1, -0.05) is 30.3 Å². The molecule has 0 fully saturated rings. The van der Waals surface area contributed by atoms with E-state index in [1.54, 1.807) is 25.1 Å². The molecule has 0 bridgehead atoms. The van der Waals surface area contributed by atoms with E-state index in [0.717, 1.165) is 11.3 Å². The van der Waals surface area contributed by atoms with E-state index in [2.05, 4.69) is 15.8 Å². The van der Waals surface area contributed by atoms with Gasteiger partial charge in [0.05, 0.1) is 6.21 Å². The predicted octanol–water partition coefficient (Wildman–Crippen LogP) is 3.08. The summed E-state index contributed by atoms with van der Waals surface area (Å²) in [5.41, 5.74) is 4.68. The average Bonchev–Trinajstić information content (AvgIpc) is 2.49. The van der Waals surface area contributed by atoms with Gasteiger partial charge in [0.25, 0.3) is 5.91 Å². The average molecular weight is 299 g/mol. The maximum absolute atomic E-state index is 13.4. The van der Waals surface area contributed by atoms with E-state index in [-0.39, 0.29) is 11.7 Å². The molecule has 0 aliphatic carbocycles. The molecule has 0 aliphatic rings. The van der Waals surface area contributed by atoms with Gasteiger partial charge in [0, 0.05) is 11.3 Å². The number of benzene rings is 2. The summed E-state index contributed by atoms with van der Waals surface area (Å²) in [6.07, 6.45) is 1.28. The van der Waals surface area contributed by atoms with Crippen LogP contribution in [-0.2, 0) is 4.79 Å². The van der Waals surface area contributed by atoms with E-state index in [1.807, 2.05) is 31.2 Å². The van der Waals surface area contributed by atoms with Crippen LogP contribution >= 0.6 is 0 Å². The number of amides is 1. The van der Waals surface area contributed by atoms with Crippen LogP contribution in [0.25, 0.3) is 0 Å². The highest BCUT2D eigenvalue weighted by Gasteiger charge is 2.11. The molecule has 0 saturated carbocycles. The summed E-state index contributed by atoms with van der Waals surface area (Å²) in [7, 11) is 0. The number of hydrogen-bond acceptors (Lipinski definition) is 3. The van der Waals surface area contributed by atoms with Gasteiger partial charge >= 0.3 is 0 Å². The number of halogens is 1. The third-order valence-electron chi connectivity index (χ3n) is 3.08. The van der Waals surface area contributed by atoms with Crippen molar-refractivity contribution in [2.45, 2.75) is 19.9 Å². The molecule has 0 aromatic heterocycles. The Morgan fingerprint density at radius 2 is 2.00 bits per heavy atom. The molecule has 0 spiro atoms. The van der Waals surface area contributed by atoms with Crippen LogP contribution < -0.4 is 10.7 Å². The van der Waals surface area contributed by atoms with Gasteiger partial charge in [-0.3, -0.25) is 4.79 Å². The van der Waals surface area contributed by atoms with Crippen molar-refractivity contribution in [1.82, 2.24) is 5.43 Å². The topological polar surface area (TPSA) is 53.5 Å². The van der Waals surface area contributed by atoms with E-state index in [1.165, 1.54) is 12.3 Å². The number of carbonyl (C=O) groups excluding carboxylic acids is 1. The molecule has 1 unspecified atom stereocenters. The lowest BCUT2D eigenvalue weighted by Crippen LogP contribution is -2.34. The smallest absolute Gasteiger partial charge is 0.262 e. The summed E-state index contributed by atoms with van der Waals surface area (Å²) < 4.78 is 13.4. The second kappa shape index (κ2) is 7.36. The number of nitrogens with one attached hydrogen (secondary N) is 2. The fraction of sp³-hybridized carbons (Fsp3) is 0.176. The van der Waals surface area contributed by atoms with E-state index < -0.39 is 6.04 Å². The molecule has 0 heterocycles. The maximum Gasteiger partial charge on any atom is 0.262 e. The molecule has 2 aromatic carbocycles. The van der Waals surface area contributed by atoms with Crippen molar-refractivity contribution in [2.24, 2.45) is 5.10 Å². The number of carbonyl (C=O) groups is 1. The fourth-order valence-corrected chi connectivity index (χ4v) is 1.89.